The van der Waals surface area contributed by atoms with Crippen LogP contribution in [-0.4, -0.2) is 40.0 Å². The van der Waals surface area contributed by atoms with Crippen molar-refractivity contribution in [3.05, 3.63) is 29.8 Å². The monoisotopic (exact) mass is 311 g/mol. The third-order valence-electron chi connectivity index (χ3n) is 3.87. The Hall–Kier alpha value is -0.910. The van der Waals surface area contributed by atoms with Crippen LogP contribution in [0.15, 0.2) is 29.2 Å². The Kier molecular flexibility index (Phi) is 6.21. The molecule has 1 N–H and O–H groups in total. The molecule has 1 aromatic rings. The summed E-state index contributed by atoms with van der Waals surface area (Å²) in [4.78, 5) is 0.431. The smallest absolute Gasteiger partial charge is 0.178 e. The molecule has 0 saturated carbocycles. The van der Waals surface area contributed by atoms with E-state index in [1.807, 2.05) is 12.1 Å². The van der Waals surface area contributed by atoms with E-state index >= 15 is 0 Å². The van der Waals surface area contributed by atoms with Gasteiger partial charge in [0.05, 0.1) is 17.3 Å². The average Bonchev–Trinajstić information content (AvgIpc) is 2.53. The Morgan fingerprint density at radius 2 is 2.05 bits per heavy atom. The maximum absolute atomic E-state index is 12.2. The van der Waals surface area contributed by atoms with Crippen molar-refractivity contribution < 1.29 is 13.2 Å². The van der Waals surface area contributed by atoms with Crippen LogP contribution in [0.25, 0.3) is 0 Å². The molecule has 1 heterocycles. The van der Waals surface area contributed by atoms with Crippen LogP contribution in [0.2, 0.25) is 0 Å². The van der Waals surface area contributed by atoms with Gasteiger partial charge >= 0.3 is 0 Å². The molecule has 1 aliphatic rings. The molecule has 1 atom stereocenters. The van der Waals surface area contributed by atoms with E-state index < -0.39 is 9.84 Å². The molecule has 21 heavy (non-hydrogen) atoms. The Morgan fingerprint density at radius 3 is 2.67 bits per heavy atom. The van der Waals surface area contributed by atoms with Gasteiger partial charge in [0, 0.05) is 12.6 Å². The predicted molar refractivity (Wildman–Crippen MR) is 84.3 cm³/mol. The Bertz CT molecular complexity index is 519. The summed E-state index contributed by atoms with van der Waals surface area (Å²) in [5.74, 6) is 0.194. The molecule has 5 heteroatoms. The lowest BCUT2D eigenvalue weighted by Gasteiger charge is -2.23. The highest BCUT2D eigenvalue weighted by Crippen LogP contribution is 2.14. The van der Waals surface area contributed by atoms with Gasteiger partial charge in [-0.2, -0.15) is 0 Å². The fourth-order valence-electron chi connectivity index (χ4n) is 2.52. The van der Waals surface area contributed by atoms with Crippen molar-refractivity contribution in [3.8, 4) is 0 Å². The second-order valence-electron chi connectivity index (χ2n) is 5.54. The number of benzene rings is 1. The van der Waals surface area contributed by atoms with Crippen molar-refractivity contribution in [2.75, 3.05) is 25.5 Å². The third kappa shape index (κ3) is 5.09. The van der Waals surface area contributed by atoms with Crippen molar-refractivity contribution in [2.24, 2.45) is 0 Å². The van der Waals surface area contributed by atoms with Gasteiger partial charge in [-0.05, 0) is 49.9 Å². The number of sulfone groups is 1. The molecule has 1 aromatic carbocycles. The molecule has 2 rings (SSSR count). The fourth-order valence-corrected chi connectivity index (χ4v) is 3.83. The molecule has 118 valence electrons. The number of hydrogen-bond acceptors (Lipinski definition) is 4. The van der Waals surface area contributed by atoms with Crippen LogP contribution in [0.4, 0.5) is 0 Å². The second kappa shape index (κ2) is 7.92. The van der Waals surface area contributed by atoms with Crippen LogP contribution in [-0.2, 0) is 21.0 Å². The van der Waals surface area contributed by atoms with Gasteiger partial charge in [-0.15, -0.1) is 0 Å². The number of rotatable bonds is 7. The van der Waals surface area contributed by atoms with E-state index in [2.05, 4.69) is 12.2 Å². The van der Waals surface area contributed by atoms with E-state index in [0.717, 1.165) is 44.6 Å². The van der Waals surface area contributed by atoms with E-state index in [-0.39, 0.29) is 5.75 Å². The molecule has 1 unspecified atom stereocenters. The summed E-state index contributed by atoms with van der Waals surface area (Å²) in [7, 11) is -3.16. The van der Waals surface area contributed by atoms with Crippen molar-refractivity contribution in [3.63, 3.8) is 0 Å². The molecule has 0 spiro atoms. The normalized spacial score (nSPS) is 19.6. The highest BCUT2D eigenvalue weighted by molar-refractivity contribution is 7.91. The van der Waals surface area contributed by atoms with Gasteiger partial charge < -0.3 is 10.1 Å². The summed E-state index contributed by atoms with van der Waals surface area (Å²) in [5.41, 5.74) is 1.16. The summed E-state index contributed by atoms with van der Waals surface area (Å²) < 4.78 is 29.9. The fraction of sp³-hybridized carbons (Fsp3) is 0.625. The van der Waals surface area contributed by atoms with Crippen LogP contribution in [0.3, 0.4) is 0 Å². The molecular formula is C16H25NO3S. The first-order valence-electron chi connectivity index (χ1n) is 7.74. The minimum atomic E-state index is -3.16. The van der Waals surface area contributed by atoms with E-state index in [1.165, 1.54) is 0 Å². The zero-order valence-electron chi connectivity index (χ0n) is 12.7. The van der Waals surface area contributed by atoms with Crippen molar-refractivity contribution in [1.29, 1.82) is 0 Å². The van der Waals surface area contributed by atoms with E-state index in [4.69, 9.17) is 4.74 Å². The first-order valence-corrected chi connectivity index (χ1v) is 9.40. The number of nitrogens with one attached hydrogen (secondary N) is 1. The van der Waals surface area contributed by atoms with Crippen LogP contribution >= 0.6 is 0 Å². The van der Waals surface area contributed by atoms with Crippen molar-refractivity contribution in [1.82, 2.24) is 5.32 Å². The maximum Gasteiger partial charge on any atom is 0.178 e. The Balaban J connectivity index is 1.77. The molecule has 1 saturated heterocycles. The van der Waals surface area contributed by atoms with Gasteiger partial charge in [0.1, 0.15) is 0 Å². The van der Waals surface area contributed by atoms with Crippen LogP contribution in [0.5, 0.6) is 0 Å². The molecule has 0 bridgehead atoms. The largest absolute Gasteiger partial charge is 0.380 e. The summed E-state index contributed by atoms with van der Waals surface area (Å²) in [6, 6.07) is 7.60. The lowest BCUT2D eigenvalue weighted by molar-refractivity contribution is 0.0706. The lowest BCUT2D eigenvalue weighted by Crippen LogP contribution is -2.37. The molecule has 4 nitrogen and oxygen atoms in total. The quantitative estimate of drug-likeness (QED) is 0.784. The molecule has 0 radical (unpaired) electrons. The molecule has 1 aliphatic heterocycles. The summed E-state index contributed by atoms with van der Waals surface area (Å²) in [5, 5.41) is 3.37. The van der Waals surface area contributed by atoms with Gasteiger partial charge in [0.2, 0.25) is 0 Å². The predicted octanol–water partition coefficient (Wildman–Crippen LogP) is 2.18. The molecule has 0 aromatic heterocycles. The van der Waals surface area contributed by atoms with Crippen molar-refractivity contribution >= 4 is 9.84 Å². The van der Waals surface area contributed by atoms with Gasteiger partial charge in [-0.3, -0.25) is 0 Å². The molecule has 1 fully saturated rings. The molecule has 0 aliphatic carbocycles. The maximum atomic E-state index is 12.2. The second-order valence-corrected chi connectivity index (χ2v) is 7.65. The zero-order chi connectivity index (χ0) is 15.1. The van der Waals surface area contributed by atoms with Crippen LogP contribution in [0.1, 0.15) is 31.7 Å². The van der Waals surface area contributed by atoms with E-state index in [0.29, 0.717) is 17.4 Å². The first kappa shape index (κ1) is 16.5. The highest BCUT2D eigenvalue weighted by atomic mass is 32.2. The average molecular weight is 311 g/mol. The number of ether oxygens (including phenoxy) is 1. The zero-order valence-corrected chi connectivity index (χ0v) is 13.5. The van der Waals surface area contributed by atoms with E-state index in [9.17, 15) is 8.42 Å². The summed E-state index contributed by atoms with van der Waals surface area (Å²) in [6.45, 7) is 4.37. The van der Waals surface area contributed by atoms with E-state index in [1.54, 1.807) is 12.1 Å². The van der Waals surface area contributed by atoms with Crippen LogP contribution in [0, 0.1) is 0 Å². The minimum absolute atomic E-state index is 0.194. The SMILES string of the molecule is CCc1ccc(S(=O)(=O)CCCNC2CCCOC2)cc1. The topological polar surface area (TPSA) is 55.4 Å². The first-order chi connectivity index (χ1) is 10.1. The highest BCUT2D eigenvalue weighted by Gasteiger charge is 2.15. The summed E-state index contributed by atoms with van der Waals surface area (Å²) in [6.07, 6.45) is 3.76. The van der Waals surface area contributed by atoms with Crippen LogP contribution < -0.4 is 5.32 Å². The lowest BCUT2D eigenvalue weighted by atomic mass is 10.1. The van der Waals surface area contributed by atoms with Gasteiger partial charge in [-0.1, -0.05) is 19.1 Å². The standard InChI is InChI=1S/C16H25NO3S/c1-2-14-6-8-16(9-7-14)21(18,19)12-4-10-17-15-5-3-11-20-13-15/h6-9,15,17H,2-5,10-13H2,1H3. The van der Waals surface area contributed by atoms with Gasteiger partial charge in [-0.25, -0.2) is 8.42 Å². The molecule has 0 amide bonds. The minimum Gasteiger partial charge on any atom is -0.380 e. The Morgan fingerprint density at radius 1 is 1.29 bits per heavy atom. The van der Waals surface area contributed by atoms with Gasteiger partial charge in [0.25, 0.3) is 0 Å². The Labute approximate surface area is 127 Å². The molecular weight excluding hydrogens is 286 g/mol. The van der Waals surface area contributed by atoms with Gasteiger partial charge in [0.15, 0.2) is 9.84 Å². The van der Waals surface area contributed by atoms with Crippen molar-refractivity contribution in [2.45, 2.75) is 43.5 Å². The third-order valence-corrected chi connectivity index (χ3v) is 5.69. The number of hydrogen-bond donors (Lipinski definition) is 1. The number of aryl methyl sites for hydroxylation is 1. The summed E-state index contributed by atoms with van der Waals surface area (Å²) >= 11 is 0.